The van der Waals surface area contributed by atoms with E-state index in [2.05, 4.69) is 15.3 Å². The van der Waals surface area contributed by atoms with Crippen LogP contribution in [0.15, 0.2) is 36.8 Å². The number of aromatic nitrogens is 2. The van der Waals surface area contributed by atoms with Crippen molar-refractivity contribution in [1.29, 1.82) is 0 Å². The molecule has 0 bridgehead atoms. The zero-order valence-electron chi connectivity index (χ0n) is 9.56. The lowest BCUT2D eigenvalue weighted by Gasteiger charge is -2.11. The van der Waals surface area contributed by atoms with Crippen molar-refractivity contribution in [3.05, 3.63) is 47.5 Å². The highest BCUT2D eigenvalue weighted by Gasteiger charge is 2.14. The number of amides is 1. The zero-order chi connectivity index (χ0) is 13.0. The van der Waals surface area contributed by atoms with Crippen molar-refractivity contribution in [2.45, 2.75) is 12.5 Å². The highest BCUT2D eigenvalue weighted by Crippen LogP contribution is 2.15. The lowest BCUT2D eigenvalue weighted by molar-refractivity contribution is -0.117. The van der Waals surface area contributed by atoms with Crippen LogP contribution in [0, 0.1) is 0 Å². The number of hydrogen-bond acceptors (Lipinski definition) is 3. The first-order valence-corrected chi connectivity index (χ1v) is 5.82. The van der Waals surface area contributed by atoms with Gasteiger partial charge in [-0.25, -0.2) is 4.98 Å². The van der Waals surface area contributed by atoms with E-state index in [1.54, 1.807) is 36.8 Å². The minimum Gasteiger partial charge on any atom is -0.348 e. The Bertz CT molecular complexity index is 527. The second-order valence-corrected chi connectivity index (χ2v) is 4.32. The molecule has 1 amide bonds. The van der Waals surface area contributed by atoms with Gasteiger partial charge in [-0.15, -0.1) is 0 Å². The molecule has 2 rings (SSSR count). The maximum atomic E-state index is 11.8. The molecule has 94 valence electrons. The quantitative estimate of drug-likeness (QED) is 0.784. The molecule has 0 spiro atoms. The number of halogens is 1. The molecule has 1 aromatic carbocycles. The Morgan fingerprint density at radius 3 is 3.06 bits per heavy atom. The van der Waals surface area contributed by atoms with Gasteiger partial charge in [0.15, 0.2) is 0 Å². The van der Waals surface area contributed by atoms with Gasteiger partial charge in [0.2, 0.25) is 5.91 Å². The summed E-state index contributed by atoms with van der Waals surface area (Å²) in [4.78, 5) is 18.6. The molecule has 0 unspecified atom stereocenters. The Morgan fingerprint density at radius 2 is 2.39 bits per heavy atom. The molecule has 6 heteroatoms. The van der Waals surface area contributed by atoms with Gasteiger partial charge in [-0.3, -0.25) is 4.79 Å². The fourth-order valence-electron chi connectivity index (χ4n) is 1.53. The van der Waals surface area contributed by atoms with Gasteiger partial charge >= 0.3 is 0 Å². The third-order valence-electron chi connectivity index (χ3n) is 2.42. The molecule has 2 aromatic rings. The molecule has 0 aliphatic carbocycles. The third-order valence-corrected chi connectivity index (χ3v) is 2.66. The maximum Gasteiger partial charge on any atom is 0.241 e. The topological polar surface area (TPSA) is 83.8 Å². The van der Waals surface area contributed by atoms with E-state index in [4.69, 9.17) is 17.3 Å². The second-order valence-electron chi connectivity index (χ2n) is 3.89. The van der Waals surface area contributed by atoms with E-state index < -0.39 is 6.04 Å². The molecule has 0 radical (unpaired) electrons. The van der Waals surface area contributed by atoms with Gasteiger partial charge in [0.1, 0.15) is 0 Å². The summed E-state index contributed by atoms with van der Waals surface area (Å²) in [6.45, 7) is 0. The Balaban J connectivity index is 1.95. The molecule has 1 heterocycles. The van der Waals surface area contributed by atoms with Crippen LogP contribution in [0.4, 0.5) is 5.69 Å². The largest absolute Gasteiger partial charge is 0.348 e. The molecule has 0 saturated heterocycles. The number of nitrogens with one attached hydrogen (secondary N) is 2. The molecular formula is C12H13ClN4O. The van der Waals surface area contributed by atoms with Crippen LogP contribution in [0.1, 0.15) is 5.69 Å². The Kier molecular flexibility index (Phi) is 3.96. The molecule has 0 aliphatic heterocycles. The number of anilines is 1. The lowest BCUT2D eigenvalue weighted by Crippen LogP contribution is -2.37. The first kappa shape index (κ1) is 12.6. The zero-order valence-corrected chi connectivity index (χ0v) is 10.3. The summed E-state index contributed by atoms with van der Waals surface area (Å²) in [5, 5.41) is 3.28. The van der Waals surface area contributed by atoms with E-state index >= 15 is 0 Å². The number of hydrogen-bond donors (Lipinski definition) is 3. The summed E-state index contributed by atoms with van der Waals surface area (Å²) in [7, 11) is 0. The Labute approximate surface area is 109 Å². The summed E-state index contributed by atoms with van der Waals surface area (Å²) in [5.41, 5.74) is 7.26. The average Bonchev–Trinajstić information content (AvgIpc) is 2.81. The number of nitrogens with two attached hydrogens (primary N) is 1. The van der Waals surface area contributed by atoms with Gasteiger partial charge in [0, 0.05) is 29.0 Å². The van der Waals surface area contributed by atoms with Crippen molar-refractivity contribution in [2.75, 3.05) is 5.32 Å². The second kappa shape index (κ2) is 5.66. The first-order chi connectivity index (χ1) is 8.65. The molecule has 1 aromatic heterocycles. The van der Waals surface area contributed by atoms with Crippen LogP contribution < -0.4 is 11.1 Å². The van der Waals surface area contributed by atoms with Crippen LogP contribution >= 0.6 is 11.6 Å². The van der Waals surface area contributed by atoms with Gasteiger partial charge in [-0.2, -0.15) is 0 Å². The fourth-order valence-corrected chi connectivity index (χ4v) is 1.72. The van der Waals surface area contributed by atoms with E-state index in [9.17, 15) is 4.79 Å². The Morgan fingerprint density at radius 1 is 1.56 bits per heavy atom. The molecule has 18 heavy (non-hydrogen) atoms. The number of aromatic amines is 1. The molecule has 0 aliphatic rings. The summed E-state index contributed by atoms with van der Waals surface area (Å²) in [5.74, 6) is -0.258. The van der Waals surface area contributed by atoms with Gasteiger partial charge in [-0.1, -0.05) is 17.7 Å². The van der Waals surface area contributed by atoms with E-state index in [0.29, 0.717) is 17.1 Å². The highest BCUT2D eigenvalue weighted by atomic mass is 35.5. The number of rotatable bonds is 4. The summed E-state index contributed by atoms with van der Waals surface area (Å²) >= 11 is 5.83. The van der Waals surface area contributed by atoms with E-state index in [-0.39, 0.29) is 5.91 Å². The monoisotopic (exact) mass is 264 g/mol. The van der Waals surface area contributed by atoms with Crippen LogP contribution in [0.5, 0.6) is 0 Å². The third kappa shape index (κ3) is 3.32. The number of carbonyl (C=O) groups excluding carboxylic acids is 1. The van der Waals surface area contributed by atoms with Gasteiger partial charge in [0.25, 0.3) is 0 Å². The van der Waals surface area contributed by atoms with Crippen molar-refractivity contribution in [3.8, 4) is 0 Å². The lowest BCUT2D eigenvalue weighted by atomic mass is 10.1. The SMILES string of the molecule is N[C@@H](Cc1cnc[nH]1)C(=O)Nc1cccc(Cl)c1. The van der Waals surface area contributed by atoms with Gasteiger partial charge < -0.3 is 16.0 Å². The van der Waals surface area contributed by atoms with E-state index in [1.807, 2.05) is 0 Å². The predicted molar refractivity (Wildman–Crippen MR) is 70.3 cm³/mol. The Hall–Kier alpha value is -1.85. The number of benzene rings is 1. The van der Waals surface area contributed by atoms with Gasteiger partial charge in [0.05, 0.1) is 12.4 Å². The van der Waals surface area contributed by atoms with Crippen LogP contribution in [0.3, 0.4) is 0 Å². The number of H-pyrrole nitrogens is 1. The molecule has 1 atom stereocenters. The minimum atomic E-state index is -0.635. The average molecular weight is 265 g/mol. The molecule has 5 nitrogen and oxygen atoms in total. The van der Waals surface area contributed by atoms with Crippen LogP contribution in [0.25, 0.3) is 0 Å². The number of nitrogens with zero attached hydrogens (tertiary/aromatic N) is 1. The van der Waals surface area contributed by atoms with E-state index in [0.717, 1.165) is 5.69 Å². The molecule has 0 saturated carbocycles. The fraction of sp³-hybridized carbons (Fsp3) is 0.167. The van der Waals surface area contributed by atoms with Gasteiger partial charge in [-0.05, 0) is 18.2 Å². The summed E-state index contributed by atoms with van der Waals surface area (Å²) in [6, 6.07) is 6.29. The number of imidazole rings is 1. The van der Waals surface area contributed by atoms with Crippen LogP contribution in [-0.2, 0) is 11.2 Å². The van der Waals surface area contributed by atoms with Crippen molar-refractivity contribution < 1.29 is 4.79 Å². The van der Waals surface area contributed by atoms with Crippen LogP contribution in [-0.4, -0.2) is 21.9 Å². The van der Waals surface area contributed by atoms with Crippen LogP contribution in [0.2, 0.25) is 5.02 Å². The smallest absolute Gasteiger partial charge is 0.241 e. The first-order valence-electron chi connectivity index (χ1n) is 5.44. The van der Waals surface area contributed by atoms with Crippen molar-refractivity contribution in [2.24, 2.45) is 5.73 Å². The molecular weight excluding hydrogens is 252 g/mol. The molecule has 4 N–H and O–H groups in total. The van der Waals surface area contributed by atoms with Crippen molar-refractivity contribution in [3.63, 3.8) is 0 Å². The van der Waals surface area contributed by atoms with Crippen molar-refractivity contribution >= 4 is 23.2 Å². The van der Waals surface area contributed by atoms with E-state index in [1.165, 1.54) is 0 Å². The normalized spacial score (nSPS) is 12.1. The summed E-state index contributed by atoms with van der Waals surface area (Å²) < 4.78 is 0. The predicted octanol–water partition coefficient (Wildman–Crippen LogP) is 1.57. The van der Waals surface area contributed by atoms with Crippen molar-refractivity contribution in [1.82, 2.24) is 9.97 Å². The minimum absolute atomic E-state index is 0.258. The maximum absolute atomic E-state index is 11.8. The summed E-state index contributed by atoms with van der Waals surface area (Å²) in [6.07, 6.45) is 3.61. The standard InChI is InChI=1S/C12H13ClN4O/c13-8-2-1-3-9(4-8)17-12(18)11(14)5-10-6-15-7-16-10/h1-4,6-7,11H,5,14H2,(H,15,16)(H,17,18)/t11-/m0/s1. The highest BCUT2D eigenvalue weighted by molar-refractivity contribution is 6.30. The number of carbonyl (C=O) groups is 1. The molecule has 0 fully saturated rings.